The highest BCUT2D eigenvalue weighted by Gasteiger charge is 2.26. The summed E-state index contributed by atoms with van der Waals surface area (Å²) in [6, 6.07) is 1.40. The molecule has 16 heavy (non-hydrogen) atoms. The highest BCUT2D eigenvalue weighted by Crippen LogP contribution is 2.16. The van der Waals surface area contributed by atoms with E-state index in [0.29, 0.717) is 12.1 Å². The van der Waals surface area contributed by atoms with E-state index in [1.165, 1.54) is 32.5 Å². The van der Waals surface area contributed by atoms with E-state index in [1.807, 2.05) is 0 Å². The normalized spacial score (nSPS) is 30.6. The summed E-state index contributed by atoms with van der Waals surface area (Å²) in [5.41, 5.74) is 0. The Labute approximate surface area is 107 Å². The Morgan fingerprint density at radius 1 is 1.19 bits per heavy atom. The van der Waals surface area contributed by atoms with Gasteiger partial charge in [-0.05, 0) is 52.0 Å². The molecule has 0 radical (unpaired) electrons. The van der Waals surface area contributed by atoms with Crippen molar-refractivity contribution in [2.75, 3.05) is 32.4 Å². The summed E-state index contributed by atoms with van der Waals surface area (Å²) in [5.74, 6) is 1.85. The lowest BCUT2D eigenvalue weighted by atomic mass is 10.0. The molecule has 0 aliphatic carbocycles. The molecule has 1 aliphatic heterocycles. The van der Waals surface area contributed by atoms with Crippen molar-refractivity contribution in [1.29, 1.82) is 0 Å². The molecule has 1 aliphatic rings. The number of thiol groups is 1. The molecule has 0 aromatic rings. The van der Waals surface area contributed by atoms with Crippen LogP contribution in [0.4, 0.5) is 0 Å². The van der Waals surface area contributed by atoms with Crippen molar-refractivity contribution in [1.82, 2.24) is 9.80 Å². The zero-order valence-corrected chi connectivity index (χ0v) is 12.2. The Balaban J connectivity index is 2.28. The van der Waals surface area contributed by atoms with Crippen molar-refractivity contribution < 1.29 is 0 Å². The second kappa shape index (κ2) is 6.87. The monoisotopic (exact) mass is 244 g/mol. The number of rotatable bonds is 5. The maximum Gasteiger partial charge on any atom is 0.0195 e. The van der Waals surface area contributed by atoms with Gasteiger partial charge in [-0.25, -0.2) is 0 Å². The minimum atomic E-state index is 0.698. The zero-order chi connectivity index (χ0) is 12.1. The zero-order valence-electron chi connectivity index (χ0n) is 11.3. The fourth-order valence-electron chi connectivity index (χ4n) is 2.46. The van der Waals surface area contributed by atoms with Gasteiger partial charge in [-0.15, -0.1) is 0 Å². The number of hydrogen-bond donors (Lipinski definition) is 1. The molecule has 0 bridgehead atoms. The first-order chi connectivity index (χ1) is 7.54. The molecule has 3 atom stereocenters. The average molecular weight is 244 g/mol. The van der Waals surface area contributed by atoms with Gasteiger partial charge in [-0.1, -0.05) is 6.92 Å². The van der Waals surface area contributed by atoms with Crippen LogP contribution in [0.15, 0.2) is 0 Å². The maximum absolute atomic E-state index is 4.30. The van der Waals surface area contributed by atoms with Crippen LogP contribution in [0.1, 0.15) is 33.6 Å². The Morgan fingerprint density at radius 3 is 2.25 bits per heavy atom. The minimum absolute atomic E-state index is 0.698. The summed E-state index contributed by atoms with van der Waals surface area (Å²) in [4.78, 5) is 5.12. The Bertz CT molecular complexity index is 186. The van der Waals surface area contributed by atoms with Gasteiger partial charge in [0.1, 0.15) is 0 Å². The summed E-state index contributed by atoms with van der Waals surface area (Å²) in [7, 11) is 2.25. The topological polar surface area (TPSA) is 6.48 Å². The van der Waals surface area contributed by atoms with Gasteiger partial charge < -0.3 is 4.90 Å². The second-order valence-corrected chi connectivity index (χ2v) is 5.98. The van der Waals surface area contributed by atoms with E-state index < -0.39 is 0 Å². The van der Waals surface area contributed by atoms with E-state index in [2.05, 4.69) is 50.2 Å². The molecule has 1 heterocycles. The lowest BCUT2D eigenvalue weighted by Gasteiger charge is -2.42. The fourth-order valence-corrected chi connectivity index (χ4v) is 2.90. The highest BCUT2D eigenvalue weighted by molar-refractivity contribution is 7.80. The van der Waals surface area contributed by atoms with Crippen molar-refractivity contribution >= 4 is 12.6 Å². The standard InChI is InChI=1S/C13H28N2S/c1-11(6-8-16)5-7-15-9-12(2)14(4)13(3)10-15/h11-13,16H,5-10H2,1-4H3. The van der Waals surface area contributed by atoms with E-state index in [9.17, 15) is 0 Å². The van der Waals surface area contributed by atoms with E-state index in [1.54, 1.807) is 0 Å². The molecule has 3 unspecified atom stereocenters. The van der Waals surface area contributed by atoms with Crippen LogP contribution in [0.2, 0.25) is 0 Å². The lowest BCUT2D eigenvalue weighted by Crippen LogP contribution is -2.55. The number of hydrogen-bond acceptors (Lipinski definition) is 3. The molecule has 0 spiro atoms. The van der Waals surface area contributed by atoms with Crippen LogP contribution in [0, 0.1) is 5.92 Å². The summed E-state index contributed by atoms with van der Waals surface area (Å²) in [5, 5.41) is 0. The van der Waals surface area contributed by atoms with Crippen LogP contribution < -0.4 is 0 Å². The maximum atomic E-state index is 4.30. The summed E-state index contributed by atoms with van der Waals surface area (Å²) in [6.45, 7) is 10.7. The number of likely N-dealkylation sites (N-methyl/N-ethyl adjacent to an activating group) is 1. The number of piperazine rings is 1. The van der Waals surface area contributed by atoms with E-state index in [0.717, 1.165) is 11.7 Å². The molecule has 1 saturated heterocycles. The SMILES string of the molecule is CC(CCS)CCN1CC(C)N(C)C(C)C1. The van der Waals surface area contributed by atoms with Gasteiger partial charge in [-0.2, -0.15) is 12.6 Å². The molecule has 0 aromatic carbocycles. The average Bonchev–Trinajstić information content (AvgIpc) is 2.23. The highest BCUT2D eigenvalue weighted by atomic mass is 32.1. The van der Waals surface area contributed by atoms with Crippen LogP contribution in [-0.2, 0) is 0 Å². The molecule has 3 heteroatoms. The first kappa shape index (κ1) is 14.3. The summed E-state index contributed by atoms with van der Waals surface area (Å²) >= 11 is 4.30. The largest absolute Gasteiger partial charge is 0.300 e. The van der Waals surface area contributed by atoms with E-state index in [4.69, 9.17) is 0 Å². The van der Waals surface area contributed by atoms with Crippen molar-refractivity contribution in [2.24, 2.45) is 5.92 Å². The molecule has 2 nitrogen and oxygen atoms in total. The molecule has 0 amide bonds. The van der Waals surface area contributed by atoms with Crippen LogP contribution in [-0.4, -0.2) is 54.3 Å². The van der Waals surface area contributed by atoms with Gasteiger partial charge in [0, 0.05) is 25.2 Å². The van der Waals surface area contributed by atoms with Gasteiger partial charge in [0.05, 0.1) is 0 Å². The predicted molar refractivity (Wildman–Crippen MR) is 75.4 cm³/mol. The first-order valence-corrected chi connectivity index (χ1v) is 7.23. The Morgan fingerprint density at radius 2 is 1.75 bits per heavy atom. The molecular weight excluding hydrogens is 216 g/mol. The minimum Gasteiger partial charge on any atom is -0.300 e. The number of nitrogens with zero attached hydrogens (tertiary/aromatic N) is 2. The lowest BCUT2D eigenvalue weighted by molar-refractivity contribution is 0.0571. The van der Waals surface area contributed by atoms with Crippen LogP contribution in [0.5, 0.6) is 0 Å². The molecule has 0 aromatic heterocycles. The van der Waals surface area contributed by atoms with E-state index >= 15 is 0 Å². The molecular formula is C13H28N2S. The fraction of sp³-hybridized carbons (Fsp3) is 1.00. The van der Waals surface area contributed by atoms with E-state index in [-0.39, 0.29) is 0 Å². The molecule has 1 rings (SSSR count). The van der Waals surface area contributed by atoms with Gasteiger partial charge in [0.2, 0.25) is 0 Å². The first-order valence-electron chi connectivity index (χ1n) is 6.59. The Hall–Kier alpha value is 0.270. The van der Waals surface area contributed by atoms with Gasteiger partial charge in [0.25, 0.3) is 0 Å². The Kier molecular flexibility index (Phi) is 6.16. The third-order valence-corrected chi connectivity index (χ3v) is 4.25. The quantitative estimate of drug-likeness (QED) is 0.742. The molecule has 96 valence electrons. The van der Waals surface area contributed by atoms with Crippen molar-refractivity contribution in [3.8, 4) is 0 Å². The van der Waals surface area contributed by atoms with Crippen molar-refractivity contribution in [2.45, 2.75) is 45.7 Å². The second-order valence-electron chi connectivity index (χ2n) is 5.53. The summed E-state index contributed by atoms with van der Waals surface area (Å²) in [6.07, 6.45) is 2.58. The van der Waals surface area contributed by atoms with Gasteiger partial charge >= 0.3 is 0 Å². The van der Waals surface area contributed by atoms with Gasteiger partial charge in [0.15, 0.2) is 0 Å². The van der Waals surface area contributed by atoms with Gasteiger partial charge in [-0.3, -0.25) is 4.90 Å². The predicted octanol–water partition coefficient (Wildman–Crippen LogP) is 2.36. The van der Waals surface area contributed by atoms with Crippen LogP contribution >= 0.6 is 12.6 Å². The third-order valence-electron chi connectivity index (χ3n) is 4.00. The third kappa shape index (κ3) is 4.27. The molecule has 0 saturated carbocycles. The summed E-state index contributed by atoms with van der Waals surface area (Å²) < 4.78 is 0. The molecule has 1 fully saturated rings. The van der Waals surface area contributed by atoms with Crippen LogP contribution in [0.25, 0.3) is 0 Å². The van der Waals surface area contributed by atoms with Crippen LogP contribution in [0.3, 0.4) is 0 Å². The molecule has 0 N–H and O–H groups in total. The van der Waals surface area contributed by atoms with Crippen molar-refractivity contribution in [3.05, 3.63) is 0 Å². The smallest absolute Gasteiger partial charge is 0.0195 e. The van der Waals surface area contributed by atoms with Crippen molar-refractivity contribution in [3.63, 3.8) is 0 Å².